The van der Waals surface area contributed by atoms with Crippen molar-refractivity contribution < 1.29 is 153 Å². The van der Waals surface area contributed by atoms with Crippen LogP contribution in [0, 0.1) is 11.8 Å². The molecule has 6 fully saturated rings. The molecule has 5 amide bonds. The third-order valence-electron chi connectivity index (χ3n) is 17.2. The van der Waals surface area contributed by atoms with E-state index >= 15 is 0 Å². The van der Waals surface area contributed by atoms with E-state index in [1.807, 2.05) is 0 Å². The number of carbonyl (C=O) groups is 6. The first kappa shape index (κ1) is 77.4. The molecule has 6 aliphatic heterocycles. The Morgan fingerprint density at radius 3 is 1.95 bits per heavy atom. The van der Waals surface area contributed by atoms with Gasteiger partial charge in [0.25, 0.3) is 5.79 Å². The number of unbranched alkanes of at least 4 members (excludes halogenated alkanes) is 4. The molecule has 0 aromatic carbocycles. The number of aliphatic hydroxyl groups excluding tert-OH is 14. The number of imide groups is 1. The van der Waals surface area contributed by atoms with Gasteiger partial charge in [-0.05, 0) is 32.1 Å². The molecule has 0 bridgehead atoms. The normalized spacial score (nSPS) is 39.2. The molecule has 0 aliphatic carbocycles. The Labute approximate surface area is 533 Å². The van der Waals surface area contributed by atoms with Crippen molar-refractivity contribution in [3.05, 3.63) is 0 Å². The maximum absolute atomic E-state index is 13.1. The molecule has 0 saturated carbocycles. The predicted molar refractivity (Wildman–Crippen MR) is 307 cm³/mol. The number of carbonyl (C=O) groups excluding carboxylic acids is 5. The number of likely N-dealkylation sites (tertiary alicyclic amines) is 1. The average molecular weight is 1350 g/mol. The van der Waals surface area contributed by atoms with E-state index in [1.54, 1.807) is 7.05 Å². The molecule has 0 aromatic heterocycles. The first-order valence-corrected chi connectivity index (χ1v) is 31.9. The summed E-state index contributed by atoms with van der Waals surface area (Å²) < 4.78 is 59.1. The number of nitrogens with one attached hydrogen (secondary N) is 3. The Kier molecular flexibility index (Phi) is 30.4. The van der Waals surface area contributed by atoms with E-state index in [-0.39, 0.29) is 61.9 Å². The molecule has 92 heavy (non-hydrogen) atoms. The molecule has 6 rings (SSSR count). The van der Waals surface area contributed by atoms with Gasteiger partial charge in [0.15, 0.2) is 25.2 Å². The lowest BCUT2D eigenvalue weighted by atomic mass is 9.84. The van der Waals surface area contributed by atoms with Crippen molar-refractivity contribution in [1.82, 2.24) is 20.9 Å². The van der Waals surface area contributed by atoms with Crippen molar-refractivity contribution in [2.24, 2.45) is 11.8 Å². The summed E-state index contributed by atoms with van der Waals surface area (Å²) in [6.45, 7) is -0.612. The first-order chi connectivity index (χ1) is 43.7. The van der Waals surface area contributed by atoms with Gasteiger partial charge in [0.2, 0.25) is 29.5 Å². The minimum atomic E-state index is -2.91. The number of hydrogen-bond acceptors (Lipinski definition) is 31. The van der Waals surface area contributed by atoms with Crippen LogP contribution in [0.25, 0.3) is 0 Å². The standard InChI is InChI=1S/C56H94N4O31S/c1-24-27(66)18-56(55(80)81,91-46(24)39(72)28(67)19-61)83-23-32-42(75)48(89-54-44(77)43(76)47(31(22-64)86-54)88-51-25(2)38(71)40(73)29(20-62)84-51)37(59-26(3)65)52(87-32)90-49-41(74)30(21-63)85-53(45(49)78)82-15-10-6-8-13-58-35(69)12-16-92-33-17-36(70)60(50(33)79)14-9-5-7-11-34(68)57-4/h24-25,27-33,37-49,51-54,61-64,66-67,71-78H,5-23H2,1-4H3,(H,57,68)(H,58,69)(H,59,65)(H,80,81)/t24-,25?,27-,28-,29?,30?,31?,32?,33?,37?,38-,39-,40+,41+,42-,43-,44?,45?,46?,47+,48-,49+,51+,52+,53-,54+,56-/m1/s1. The Bertz CT molecular complexity index is 2360. The van der Waals surface area contributed by atoms with E-state index in [2.05, 4.69) is 16.0 Å². The summed E-state index contributed by atoms with van der Waals surface area (Å²) in [6.07, 6.45) is -37.5. The average Bonchev–Trinajstić information content (AvgIpc) is 0.969. The fourth-order valence-corrected chi connectivity index (χ4v) is 12.7. The molecule has 0 spiro atoms. The van der Waals surface area contributed by atoms with Crippen LogP contribution in [-0.2, 0) is 76.1 Å². The third kappa shape index (κ3) is 19.4. The SMILES string of the molecule is CNC(=O)CCCCCN1C(=O)CC(SCCC(=O)NCCCCCO[C@@H]2OC(CO)[C@H](O)[C@H](O[C@@H]3OC(CO[C@]4(C(=O)O)C[C@@H](O)[C@@H](C)C([C@H](O)[C@H](O)CO)O4)[C@@H](O)[C@H](O[C@@H]4OC(CO)[C@H](O[C@@H]5OC(CO)[C@H](O)[C@H](O)C5C)[C@H](O)C4O)C3NC(C)=O)C2O)C1=O. The van der Waals surface area contributed by atoms with Gasteiger partial charge in [-0.1, -0.05) is 20.3 Å². The number of carboxylic acid groups (broad SMARTS) is 1. The molecule has 6 heterocycles. The van der Waals surface area contributed by atoms with Gasteiger partial charge in [-0.15, -0.1) is 11.8 Å². The monoisotopic (exact) mass is 1350 g/mol. The van der Waals surface area contributed by atoms with Crippen molar-refractivity contribution in [2.45, 2.75) is 237 Å². The van der Waals surface area contributed by atoms with Crippen molar-refractivity contribution >= 4 is 47.3 Å². The predicted octanol–water partition coefficient (Wildman–Crippen LogP) is -8.16. The number of rotatable bonds is 34. The van der Waals surface area contributed by atoms with Gasteiger partial charge < -0.3 is 140 Å². The highest BCUT2D eigenvalue weighted by atomic mass is 32.2. The van der Waals surface area contributed by atoms with Gasteiger partial charge in [-0.3, -0.25) is 28.9 Å². The van der Waals surface area contributed by atoms with Crippen molar-refractivity contribution in [3.63, 3.8) is 0 Å². The van der Waals surface area contributed by atoms with Crippen molar-refractivity contribution in [1.29, 1.82) is 0 Å². The largest absolute Gasteiger partial charge is 0.477 e. The summed E-state index contributed by atoms with van der Waals surface area (Å²) in [7, 11) is 1.55. The smallest absolute Gasteiger partial charge is 0.364 e. The van der Waals surface area contributed by atoms with Crippen LogP contribution in [0.15, 0.2) is 0 Å². The second-order valence-corrected chi connectivity index (χ2v) is 25.1. The Balaban J connectivity index is 1.13. The molecule has 6 saturated heterocycles. The quantitative estimate of drug-likeness (QED) is 0.0210. The van der Waals surface area contributed by atoms with Crippen LogP contribution < -0.4 is 16.0 Å². The minimum Gasteiger partial charge on any atom is -0.477 e. The van der Waals surface area contributed by atoms with E-state index in [0.717, 1.165) is 6.92 Å². The second kappa shape index (κ2) is 36.1. The van der Waals surface area contributed by atoms with Crippen molar-refractivity contribution in [2.75, 3.05) is 65.5 Å². The number of carboxylic acids is 1. The number of hydrogen-bond donors (Lipinski definition) is 18. The van der Waals surface area contributed by atoms with E-state index in [1.165, 1.54) is 30.5 Å². The van der Waals surface area contributed by atoms with Crippen LogP contribution in [-0.4, -0.2) is 335 Å². The lowest BCUT2D eigenvalue weighted by Crippen LogP contribution is -2.70. The van der Waals surface area contributed by atoms with Gasteiger partial charge >= 0.3 is 5.97 Å². The van der Waals surface area contributed by atoms with Crippen LogP contribution in [0.3, 0.4) is 0 Å². The maximum Gasteiger partial charge on any atom is 0.364 e. The topological polar surface area (TPSA) is 538 Å². The number of aliphatic carboxylic acids is 1. The summed E-state index contributed by atoms with van der Waals surface area (Å²) in [5.41, 5.74) is 0. The van der Waals surface area contributed by atoms with Gasteiger partial charge in [0.1, 0.15) is 97.6 Å². The van der Waals surface area contributed by atoms with Crippen LogP contribution in [0.4, 0.5) is 0 Å². The number of aliphatic hydroxyl groups is 14. The highest BCUT2D eigenvalue weighted by molar-refractivity contribution is 8.00. The zero-order valence-corrected chi connectivity index (χ0v) is 52.4. The zero-order valence-electron chi connectivity index (χ0n) is 51.5. The zero-order chi connectivity index (χ0) is 67.9. The highest BCUT2D eigenvalue weighted by Crippen LogP contribution is 2.40. The molecule has 530 valence electrons. The maximum atomic E-state index is 13.1. The molecule has 6 aliphatic rings. The van der Waals surface area contributed by atoms with Crippen LogP contribution >= 0.6 is 11.8 Å². The fourth-order valence-electron chi connectivity index (χ4n) is 11.6. The number of nitrogens with zero attached hydrogens (tertiary/aromatic N) is 1. The summed E-state index contributed by atoms with van der Waals surface area (Å²) in [5.74, 6) is -8.49. The number of thioether (sulfide) groups is 1. The van der Waals surface area contributed by atoms with Gasteiger partial charge in [0.05, 0.1) is 56.6 Å². The molecular weight excluding hydrogens is 1260 g/mol. The lowest BCUT2D eigenvalue weighted by Gasteiger charge is -2.51. The van der Waals surface area contributed by atoms with Gasteiger partial charge in [-0.25, -0.2) is 4.79 Å². The van der Waals surface area contributed by atoms with Gasteiger partial charge in [0, 0.05) is 76.9 Å². The van der Waals surface area contributed by atoms with Crippen molar-refractivity contribution in [3.8, 4) is 0 Å². The first-order valence-electron chi connectivity index (χ1n) is 30.9. The molecule has 27 atom stereocenters. The van der Waals surface area contributed by atoms with Gasteiger partial charge in [-0.2, -0.15) is 0 Å². The van der Waals surface area contributed by atoms with Crippen LogP contribution in [0.2, 0.25) is 0 Å². The second-order valence-electron chi connectivity index (χ2n) is 23.8. The Morgan fingerprint density at radius 2 is 1.29 bits per heavy atom. The lowest BCUT2D eigenvalue weighted by molar-refractivity contribution is -0.381. The van der Waals surface area contributed by atoms with E-state index in [9.17, 15) is 105 Å². The molecule has 10 unspecified atom stereocenters. The summed E-state index contributed by atoms with van der Waals surface area (Å²) in [6, 6.07) is -1.84. The molecule has 0 radical (unpaired) electrons. The molecule has 0 aromatic rings. The van der Waals surface area contributed by atoms with E-state index in [4.69, 9.17) is 47.4 Å². The van der Waals surface area contributed by atoms with Crippen LogP contribution in [0.5, 0.6) is 0 Å². The molecule has 35 nitrogen and oxygen atoms in total. The third-order valence-corrected chi connectivity index (χ3v) is 18.5. The fraction of sp³-hybridized carbons (Fsp3) is 0.893. The molecular formula is C56H94N4O31S. The summed E-state index contributed by atoms with van der Waals surface area (Å²) in [5, 5.41) is 170. The van der Waals surface area contributed by atoms with Crippen LogP contribution in [0.1, 0.15) is 85.0 Å². The molecule has 18 N–H and O–H groups in total. The number of amides is 5. The van der Waals surface area contributed by atoms with E-state index in [0.29, 0.717) is 44.9 Å². The highest BCUT2D eigenvalue weighted by Gasteiger charge is 2.59. The number of ether oxygens (including phenoxy) is 10. The Hall–Kier alpha value is -3.59. The summed E-state index contributed by atoms with van der Waals surface area (Å²) in [4.78, 5) is 77.0. The minimum absolute atomic E-state index is 0.0334. The summed E-state index contributed by atoms with van der Waals surface area (Å²) >= 11 is 1.22. The molecule has 36 heteroatoms. The Morgan fingerprint density at radius 1 is 0.674 bits per heavy atom. The van der Waals surface area contributed by atoms with E-state index < -0.39 is 215 Å².